The third kappa shape index (κ3) is 5.18. The Balaban J connectivity index is 2.25. The topological polar surface area (TPSA) is 18.5 Å². The summed E-state index contributed by atoms with van der Waals surface area (Å²) in [5.41, 5.74) is 1.18. The molecule has 0 aliphatic carbocycles. The Morgan fingerprint density at radius 3 is 2.60 bits per heavy atom. The summed E-state index contributed by atoms with van der Waals surface area (Å²) in [5, 5.41) is 0. The van der Waals surface area contributed by atoms with Crippen molar-refractivity contribution >= 4 is 22.6 Å². The molecule has 0 bridgehead atoms. The van der Waals surface area contributed by atoms with Gasteiger partial charge in [-0.15, -0.1) is 0 Å². The molecule has 82 valence electrons. The average molecular weight is 318 g/mol. The summed E-state index contributed by atoms with van der Waals surface area (Å²) < 4.78 is 12.6. The highest BCUT2D eigenvalue weighted by atomic mass is 127. The normalized spacial score (nSPS) is 10.8. The molecule has 0 heterocycles. The van der Waals surface area contributed by atoms with E-state index in [0.717, 1.165) is 18.8 Å². The maximum absolute atomic E-state index is 5.50. The first-order valence-electron chi connectivity index (χ1n) is 4.82. The van der Waals surface area contributed by atoms with Crippen LogP contribution in [-0.2, 0) is 11.3 Å². The lowest BCUT2D eigenvalue weighted by molar-refractivity contribution is 0.125. The fraction of sp³-hybridized carbons (Fsp3) is 0.333. The van der Waals surface area contributed by atoms with Crippen LogP contribution in [-0.4, -0.2) is 13.7 Å². The van der Waals surface area contributed by atoms with E-state index in [4.69, 9.17) is 9.47 Å². The third-order valence-corrected chi connectivity index (χ3v) is 2.45. The Kier molecular flexibility index (Phi) is 6.43. The molecule has 0 radical (unpaired) electrons. The molecule has 0 atom stereocenters. The second-order valence-corrected chi connectivity index (χ2v) is 3.77. The van der Waals surface area contributed by atoms with Gasteiger partial charge in [-0.2, -0.15) is 0 Å². The van der Waals surface area contributed by atoms with E-state index in [2.05, 4.69) is 28.7 Å². The molecule has 0 aliphatic heterocycles. The van der Waals surface area contributed by atoms with Gasteiger partial charge in [0.05, 0.1) is 20.3 Å². The molecule has 0 unspecified atom stereocenters. The predicted molar refractivity (Wildman–Crippen MR) is 70.4 cm³/mol. The predicted octanol–water partition coefficient (Wildman–Crippen LogP) is 3.55. The van der Waals surface area contributed by atoms with E-state index >= 15 is 0 Å². The van der Waals surface area contributed by atoms with Crippen LogP contribution in [0.15, 0.2) is 34.4 Å². The fourth-order valence-corrected chi connectivity index (χ4v) is 1.49. The van der Waals surface area contributed by atoms with E-state index in [1.165, 1.54) is 5.56 Å². The van der Waals surface area contributed by atoms with Gasteiger partial charge in [0, 0.05) is 0 Å². The van der Waals surface area contributed by atoms with Crippen LogP contribution in [0.1, 0.15) is 12.0 Å². The Morgan fingerprint density at radius 2 is 2.00 bits per heavy atom. The molecule has 1 rings (SSSR count). The minimum Gasteiger partial charge on any atom is -0.497 e. The number of ether oxygens (including phenoxy) is 2. The Labute approximate surface area is 104 Å². The Morgan fingerprint density at radius 1 is 1.27 bits per heavy atom. The van der Waals surface area contributed by atoms with Crippen molar-refractivity contribution in [1.29, 1.82) is 0 Å². The molecular formula is C12H15IO2. The molecule has 0 N–H and O–H groups in total. The van der Waals surface area contributed by atoms with Crippen LogP contribution >= 0.6 is 22.6 Å². The lowest BCUT2D eigenvalue weighted by atomic mass is 10.2. The minimum atomic E-state index is 0.666. The van der Waals surface area contributed by atoms with Crippen molar-refractivity contribution in [1.82, 2.24) is 0 Å². The Bertz CT molecular complexity index is 293. The van der Waals surface area contributed by atoms with Crippen LogP contribution in [0.3, 0.4) is 0 Å². The van der Waals surface area contributed by atoms with Crippen molar-refractivity contribution in [2.24, 2.45) is 0 Å². The first kappa shape index (κ1) is 12.5. The SMILES string of the molecule is COc1ccc(COCC/C=C/I)cc1. The summed E-state index contributed by atoms with van der Waals surface area (Å²) in [4.78, 5) is 0. The van der Waals surface area contributed by atoms with Crippen molar-refractivity contribution in [3.05, 3.63) is 40.0 Å². The number of hydrogen-bond donors (Lipinski definition) is 0. The van der Waals surface area contributed by atoms with Gasteiger partial charge in [-0.25, -0.2) is 0 Å². The highest BCUT2D eigenvalue weighted by Crippen LogP contribution is 2.11. The number of hydrogen-bond acceptors (Lipinski definition) is 2. The summed E-state index contributed by atoms with van der Waals surface area (Å²) in [6.45, 7) is 1.44. The van der Waals surface area contributed by atoms with E-state index in [0.29, 0.717) is 6.61 Å². The summed E-state index contributed by atoms with van der Waals surface area (Å²) in [5.74, 6) is 0.881. The second-order valence-electron chi connectivity index (χ2n) is 3.05. The number of benzene rings is 1. The van der Waals surface area contributed by atoms with Crippen LogP contribution in [0.5, 0.6) is 5.75 Å². The van der Waals surface area contributed by atoms with Gasteiger partial charge in [-0.05, 0) is 28.2 Å². The molecule has 0 amide bonds. The molecule has 1 aromatic rings. The van der Waals surface area contributed by atoms with E-state index in [-0.39, 0.29) is 0 Å². The monoisotopic (exact) mass is 318 g/mol. The molecule has 0 spiro atoms. The molecular weight excluding hydrogens is 303 g/mol. The van der Waals surface area contributed by atoms with Crippen molar-refractivity contribution in [2.75, 3.05) is 13.7 Å². The first-order valence-corrected chi connectivity index (χ1v) is 6.07. The molecule has 0 aromatic heterocycles. The maximum Gasteiger partial charge on any atom is 0.118 e. The average Bonchev–Trinajstić information content (AvgIpc) is 2.30. The van der Waals surface area contributed by atoms with E-state index in [1.807, 2.05) is 28.3 Å². The molecule has 2 nitrogen and oxygen atoms in total. The third-order valence-electron chi connectivity index (χ3n) is 1.95. The van der Waals surface area contributed by atoms with Crippen LogP contribution in [0.2, 0.25) is 0 Å². The lowest BCUT2D eigenvalue weighted by Crippen LogP contribution is -1.94. The van der Waals surface area contributed by atoms with Gasteiger partial charge in [-0.3, -0.25) is 0 Å². The standard InChI is InChI=1S/C12H15IO2/c1-14-12-6-4-11(5-7-12)10-15-9-3-2-8-13/h2,4-8H,3,9-10H2,1H3/b8-2+. The van der Waals surface area contributed by atoms with Gasteiger partial charge in [0.25, 0.3) is 0 Å². The van der Waals surface area contributed by atoms with Crippen molar-refractivity contribution in [3.8, 4) is 5.75 Å². The number of halogens is 1. The molecule has 0 fully saturated rings. The van der Waals surface area contributed by atoms with E-state index < -0.39 is 0 Å². The zero-order valence-corrected chi connectivity index (χ0v) is 10.9. The molecule has 0 aliphatic rings. The summed E-state index contributed by atoms with van der Waals surface area (Å²) in [6, 6.07) is 7.94. The van der Waals surface area contributed by atoms with E-state index in [1.54, 1.807) is 7.11 Å². The summed E-state index contributed by atoms with van der Waals surface area (Å²) in [7, 11) is 1.67. The van der Waals surface area contributed by atoms with Gasteiger partial charge in [0.2, 0.25) is 0 Å². The smallest absolute Gasteiger partial charge is 0.118 e. The molecule has 0 saturated carbocycles. The highest BCUT2D eigenvalue weighted by molar-refractivity contribution is 14.1. The van der Waals surface area contributed by atoms with Gasteiger partial charge < -0.3 is 9.47 Å². The second kappa shape index (κ2) is 7.70. The van der Waals surface area contributed by atoms with Crippen LogP contribution in [0.25, 0.3) is 0 Å². The molecule has 0 saturated heterocycles. The van der Waals surface area contributed by atoms with Gasteiger partial charge in [0.1, 0.15) is 5.75 Å². The fourth-order valence-electron chi connectivity index (χ4n) is 1.13. The van der Waals surface area contributed by atoms with Crippen LogP contribution in [0.4, 0.5) is 0 Å². The highest BCUT2D eigenvalue weighted by Gasteiger charge is 1.93. The maximum atomic E-state index is 5.50. The zero-order chi connectivity index (χ0) is 10.9. The van der Waals surface area contributed by atoms with Gasteiger partial charge in [-0.1, -0.05) is 40.8 Å². The van der Waals surface area contributed by atoms with Crippen molar-refractivity contribution < 1.29 is 9.47 Å². The van der Waals surface area contributed by atoms with Crippen molar-refractivity contribution in [3.63, 3.8) is 0 Å². The molecule has 1 aromatic carbocycles. The zero-order valence-electron chi connectivity index (χ0n) is 8.78. The summed E-state index contributed by atoms with van der Waals surface area (Å²) >= 11 is 2.21. The molecule has 15 heavy (non-hydrogen) atoms. The number of rotatable bonds is 6. The van der Waals surface area contributed by atoms with Crippen LogP contribution < -0.4 is 4.74 Å². The molecule has 3 heteroatoms. The van der Waals surface area contributed by atoms with Crippen LogP contribution in [0, 0.1) is 0 Å². The Hall–Kier alpha value is -0.550. The van der Waals surface area contributed by atoms with E-state index in [9.17, 15) is 0 Å². The first-order chi connectivity index (χ1) is 7.36. The summed E-state index contributed by atoms with van der Waals surface area (Å²) in [6.07, 6.45) is 3.06. The number of methoxy groups -OCH3 is 1. The van der Waals surface area contributed by atoms with Gasteiger partial charge >= 0.3 is 0 Å². The van der Waals surface area contributed by atoms with Crippen molar-refractivity contribution in [2.45, 2.75) is 13.0 Å². The quantitative estimate of drug-likeness (QED) is 0.590. The lowest BCUT2D eigenvalue weighted by Gasteiger charge is -2.04. The van der Waals surface area contributed by atoms with Gasteiger partial charge in [0.15, 0.2) is 0 Å². The minimum absolute atomic E-state index is 0.666. The largest absolute Gasteiger partial charge is 0.497 e.